The Morgan fingerprint density at radius 1 is 1.05 bits per heavy atom. The smallest absolute Gasteiger partial charge is 0.173 e. The first-order valence-electron chi connectivity index (χ1n) is 6.31. The summed E-state index contributed by atoms with van der Waals surface area (Å²) in [6.45, 7) is -0.390. The van der Waals surface area contributed by atoms with Crippen molar-refractivity contribution in [2.75, 3.05) is 0 Å². The Kier molecular flexibility index (Phi) is 3.50. The van der Waals surface area contributed by atoms with E-state index in [0.717, 1.165) is 0 Å². The summed E-state index contributed by atoms with van der Waals surface area (Å²) in [6, 6.07) is 11.8. The van der Waals surface area contributed by atoms with Gasteiger partial charge in [-0.2, -0.15) is 0 Å². The lowest BCUT2D eigenvalue weighted by atomic mass is 10.0. The minimum absolute atomic E-state index is 0.217. The Hall–Kier alpha value is -2.53. The van der Waals surface area contributed by atoms with Gasteiger partial charge in [0.1, 0.15) is 17.3 Å². The second kappa shape index (κ2) is 5.46. The molecular formula is C16H11F2NO2. The molecule has 1 aromatic heterocycles. The molecule has 0 saturated heterocycles. The Labute approximate surface area is 119 Å². The van der Waals surface area contributed by atoms with Crippen molar-refractivity contribution in [1.29, 1.82) is 0 Å². The number of hydrogen-bond donors (Lipinski definition) is 1. The minimum atomic E-state index is -0.466. The van der Waals surface area contributed by atoms with E-state index in [0.29, 0.717) is 11.1 Å². The molecule has 0 aliphatic rings. The van der Waals surface area contributed by atoms with Crippen molar-refractivity contribution in [2.24, 2.45) is 0 Å². The van der Waals surface area contributed by atoms with Gasteiger partial charge in [0.05, 0.1) is 12.2 Å². The van der Waals surface area contributed by atoms with Gasteiger partial charge in [-0.05, 0) is 24.3 Å². The lowest BCUT2D eigenvalue weighted by Gasteiger charge is -2.02. The lowest BCUT2D eigenvalue weighted by molar-refractivity contribution is 0.281. The Morgan fingerprint density at radius 2 is 1.86 bits per heavy atom. The number of aliphatic hydroxyl groups is 1. The molecule has 3 rings (SSSR count). The molecule has 0 aliphatic heterocycles. The maximum Gasteiger partial charge on any atom is 0.173 e. The molecule has 0 radical (unpaired) electrons. The summed E-state index contributed by atoms with van der Waals surface area (Å²) in [6.07, 6.45) is 0. The fourth-order valence-corrected chi connectivity index (χ4v) is 2.18. The molecule has 106 valence electrons. The average molecular weight is 287 g/mol. The highest BCUT2D eigenvalue weighted by atomic mass is 19.1. The van der Waals surface area contributed by atoms with Crippen molar-refractivity contribution in [2.45, 2.75) is 6.61 Å². The first-order chi connectivity index (χ1) is 10.2. The van der Waals surface area contributed by atoms with Gasteiger partial charge in [-0.3, -0.25) is 0 Å². The van der Waals surface area contributed by atoms with Gasteiger partial charge in [0.25, 0.3) is 0 Å². The molecule has 0 bridgehead atoms. The van der Waals surface area contributed by atoms with E-state index in [1.165, 1.54) is 24.3 Å². The molecule has 5 heteroatoms. The monoisotopic (exact) mass is 287 g/mol. The van der Waals surface area contributed by atoms with Crippen molar-refractivity contribution in [1.82, 2.24) is 5.16 Å². The molecular weight excluding hydrogens is 276 g/mol. The quantitative estimate of drug-likeness (QED) is 0.797. The third-order valence-electron chi connectivity index (χ3n) is 3.16. The molecule has 21 heavy (non-hydrogen) atoms. The second-order valence-corrected chi connectivity index (χ2v) is 4.49. The molecule has 1 heterocycles. The zero-order valence-corrected chi connectivity index (χ0v) is 10.9. The van der Waals surface area contributed by atoms with Crippen LogP contribution in [-0.2, 0) is 6.61 Å². The third-order valence-corrected chi connectivity index (χ3v) is 3.16. The van der Waals surface area contributed by atoms with Gasteiger partial charge in [-0.25, -0.2) is 8.78 Å². The molecule has 3 aromatic rings. The number of rotatable bonds is 3. The topological polar surface area (TPSA) is 46.3 Å². The number of hydrogen-bond acceptors (Lipinski definition) is 3. The summed E-state index contributed by atoms with van der Waals surface area (Å²) >= 11 is 0. The highest BCUT2D eigenvalue weighted by Crippen LogP contribution is 2.33. The Bertz CT molecular complexity index is 783. The van der Waals surface area contributed by atoms with Gasteiger partial charge in [-0.15, -0.1) is 0 Å². The standard InChI is InChI=1S/C16H11F2NO2/c17-11-5-3-4-10(8-11)16-13(9-20)15(19-21-16)12-6-1-2-7-14(12)18/h1-8,20H,9H2. The van der Waals surface area contributed by atoms with Gasteiger partial charge < -0.3 is 9.63 Å². The minimum Gasteiger partial charge on any atom is -0.391 e. The van der Waals surface area contributed by atoms with Gasteiger partial charge >= 0.3 is 0 Å². The van der Waals surface area contributed by atoms with Gasteiger partial charge in [0.2, 0.25) is 0 Å². The van der Waals surface area contributed by atoms with Crippen LogP contribution < -0.4 is 0 Å². The first kappa shape index (κ1) is 13.5. The van der Waals surface area contributed by atoms with Crippen LogP contribution in [0.1, 0.15) is 5.56 Å². The number of aliphatic hydroxyl groups excluding tert-OH is 1. The van der Waals surface area contributed by atoms with Crippen LogP contribution in [0.5, 0.6) is 0 Å². The van der Waals surface area contributed by atoms with Crippen molar-refractivity contribution in [3.8, 4) is 22.6 Å². The fourth-order valence-electron chi connectivity index (χ4n) is 2.18. The van der Waals surface area contributed by atoms with E-state index in [2.05, 4.69) is 5.16 Å². The predicted molar refractivity (Wildman–Crippen MR) is 73.2 cm³/mol. The van der Waals surface area contributed by atoms with Gasteiger partial charge in [0.15, 0.2) is 5.76 Å². The normalized spacial score (nSPS) is 10.8. The molecule has 0 unspecified atom stereocenters. The van der Waals surface area contributed by atoms with Crippen molar-refractivity contribution in [3.05, 3.63) is 65.7 Å². The van der Waals surface area contributed by atoms with Crippen LogP contribution in [-0.4, -0.2) is 10.3 Å². The van der Waals surface area contributed by atoms with Crippen LogP contribution >= 0.6 is 0 Å². The zero-order chi connectivity index (χ0) is 14.8. The van der Waals surface area contributed by atoms with Crippen LogP contribution in [0.3, 0.4) is 0 Å². The largest absolute Gasteiger partial charge is 0.391 e. The summed E-state index contributed by atoms with van der Waals surface area (Å²) < 4.78 is 32.3. The van der Waals surface area contributed by atoms with E-state index in [9.17, 15) is 13.9 Å². The highest BCUT2D eigenvalue weighted by molar-refractivity contribution is 5.72. The van der Waals surface area contributed by atoms with Crippen LogP contribution in [0.25, 0.3) is 22.6 Å². The maximum atomic E-state index is 13.8. The van der Waals surface area contributed by atoms with E-state index >= 15 is 0 Å². The van der Waals surface area contributed by atoms with Crippen molar-refractivity contribution < 1.29 is 18.4 Å². The SMILES string of the molecule is OCc1c(-c2ccccc2F)noc1-c1cccc(F)c1. The number of halogens is 2. The summed E-state index contributed by atoms with van der Waals surface area (Å²) in [5.41, 5.74) is 1.21. The van der Waals surface area contributed by atoms with Crippen LogP contribution in [0, 0.1) is 11.6 Å². The summed E-state index contributed by atoms with van der Waals surface area (Å²) in [5.74, 6) is -0.665. The predicted octanol–water partition coefficient (Wildman–Crippen LogP) is 3.78. The van der Waals surface area contributed by atoms with Gasteiger partial charge in [0, 0.05) is 11.1 Å². The summed E-state index contributed by atoms with van der Waals surface area (Å²) in [5, 5.41) is 13.4. The molecule has 0 aliphatic carbocycles. The molecule has 1 N–H and O–H groups in total. The number of aromatic nitrogens is 1. The van der Waals surface area contributed by atoms with E-state index in [-0.39, 0.29) is 23.6 Å². The molecule has 0 spiro atoms. The molecule has 0 amide bonds. The molecule has 0 fully saturated rings. The van der Waals surface area contributed by atoms with Gasteiger partial charge in [-0.1, -0.05) is 29.4 Å². The molecule has 3 nitrogen and oxygen atoms in total. The Morgan fingerprint density at radius 3 is 2.57 bits per heavy atom. The summed E-state index contributed by atoms with van der Waals surface area (Å²) in [7, 11) is 0. The Balaban J connectivity index is 2.16. The summed E-state index contributed by atoms with van der Waals surface area (Å²) in [4.78, 5) is 0. The average Bonchev–Trinajstić information content (AvgIpc) is 2.91. The molecule has 0 saturated carbocycles. The van der Waals surface area contributed by atoms with Crippen LogP contribution in [0.4, 0.5) is 8.78 Å². The fraction of sp³-hybridized carbons (Fsp3) is 0.0625. The van der Waals surface area contributed by atoms with Crippen LogP contribution in [0.15, 0.2) is 53.1 Å². The zero-order valence-electron chi connectivity index (χ0n) is 10.9. The lowest BCUT2D eigenvalue weighted by Crippen LogP contribution is -1.91. The second-order valence-electron chi connectivity index (χ2n) is 4.49. The van der Waals surface area contributed by atoms with Crippen molar-refractivity contribution >= 4 is 0 Å². The van der Waals surface area contributed by atoms with E-state index in [1.807, 2.05) is 0 Å². The van der Waals surface area contributed by atoms with E-state index in [1.54, 1.807) is 24.3 Å². The highest BCUT2D eigenvalue weighted by Gasteiger charge is 2.20. The van der Waals surface area contributed by atoms with Crippen molar-refractivity contribution in [3.63, 3.8) is 0 Å². The molecule has 2 aromatic carbocycles. The maximum absolute atomic E-state index is 13.8. The third kappa shape index (κ3) is 2.43. The van der Waals surface area contributed by atoms with E-state index < -0.39 is 11.6 Å². The van der Waals surface area contributed by atoms with E-state index in [4.69, 9.17) is 4.52 Å². The number of nitrogens with zero attached hydrogens (tertiary/aromatic N) is 1. The number of benzene rings is 2. The van der Waals surface area contributed by atoms with Crippen LogP contribution in [0.2, 0.25) is 0 Å². The first-order valence-corrected chi connectivity index (χ1v) is 6.31. The molecule has 0 atom stereocenters.